The maximum atomic E-state index is 12.7. The molecule has 0 fully saturated rings. The number of furan rings is 1. The van der Waals surface area contributed by atoms with Gasteiger partial charge in [0.25, 0.3) is 11.5 Å². The zero-order valence-electron chi connectivity index (χ0n) is 14.1. The van der Waals surface area contributed by atoms with Crippen LogP contribution in [-0.4, -0.2) is 10.5 Å². The standard InChI is InChI=1S/C19H19BrN2O3/c1-3-9-22-10-8-15-17(19(22)24)16(12(2)25-15)18(23)21-11-13-6-4-5-7-14(13)20/h4-8,10H,3,9,11H2,1-2H3,(H,21,23). The Morgan fingerprint density at radius 2 is 2.04 bits per heavy atom. The van der Waals surface area contributed by atoms with E-state index < -0.39 is 0 Å². The maximum Gasteiger partial charge on any atom is 0.262 e. The highest BCUT2D eigenvalue weighted by Gasteiger charge is 2.21. The van der Waals surface area contributed by atoms with Gasteiger partial charge in [-0.25, -0.2) is 0 Å². The van der Waals surface area contributed by atoms with Crippen LogP contribution in [0.5, 0.6) is 0 Å². The minimum absolute atomic E-state index is 0.192. The van der Waals surface area contributed by atoms with Crippen LogP contribution in [0.15, 0.2) is 50.2 Å². The van der Waals surface area contributed by atoms with E-state index >= 15 is 0 Å². The van der Waals surface area contributed by atoms with Crippen LogP contribution in [0, 0.1) is 6.92 Å². The lowest BCUT2D eigenvalue weighted by atomic mass is 10.1. The molecular formula is C19H19BrN2O3. The molecule has 3 rings (SSSR count). The Morgan fingerprint density at radius 1 is 1.28 bits per heavy atom. The molecule has 0 bridgehead atoms. The summed E-state index contributed by atoms with van der Waals surface area (Å²) in [6.45, 7) is 4.68. The number of hydrogen-bond donors (Lipinski definition) is 1. The van der Waals surface area contributed by atoms with Crippen molar-refractivity contribution >= 4 is 32.8 Å². The summed E-state index contributed by atoms with van der Waals surface area (Å²) in [6, 6.07) is 9.42. The monoisotopic (exact) mass is 402 g/mol. The average molecular weight is 403 g/mol. The molecule has 0 saturated heterocycles. The molecule has 1 amide bonds. The molecule has 0 aliphatic heterocycles. The van der Waals surface area contributed by atoms with Crippen molar-refractivity contribution < 1.29 is 9.21 Å². The van der Waals surface area contributed by atoms with Gasteiger partial charge in [0.2, 0.25) is 0 Å². The van der Waals surface area contributed by atoms with Gasteiger partial charge in [-0.2, -0.15) is 0 Å². The van der Waals surface area contributed by atoms with E-state index in [1.165, 1.54) is 0 Å². The van der Waals surface area contributed by atoms with Crippen LogP contribution < -0.4 is 10.9 Å². The second-order valence-electron chi connectivity index (χ2n) is 5.86. The SMILES string of the molecule is CCCn1ccc2oc(C)c(C(=O)NCc3ccccc3Br)c2c1=O. The highest BCUT2D eigenvalue weighted by atomic mass is 79.9. The van der Waals surface area contributed by atoms with Gasteiger partial charge in [0.15, 0.2) is 0 Å². The molecular weight excluding hydrogens is 384 g/mol. The van der Waals surface area contributed by atoms with Crippen LogP contribution in [0.1, 0.15) is 35.0 Å². The number of carbonyl (C=O) groups is 1. The Hall–Kier alpha value is -2.34. The van der Waals surface area contributed by atoms with Gasteiger partial charge >= 0.3 is 0 Å². The van der Waals surface area contributed by atoms with Gasteiger partial charge in [0, 0.05) is 23.8 Å². The number of aryl methyl sites for hydroxylation is 2. The minimum Gasteiger partial charge on any atom is -0.460 e. The van der Waals surface area contributed by atoms with E-state index in [9.17, 15) is 9.59 Å². The number of pyridine rings is 1. The van der Waals surface area contributed by atoms with Gasteiger partial charge in [-0.05, 0) is 31.0 Å². The third-order valence-electron chi connectivity index (χ3n) is 4.08. The fourth-order valence-electron chi connectivity index (χ4n) is 2.86. The van der Waals surface area contributed by atoms with Crippen molar-refractivity contribution in [2.75, 3.05) is 0 Å². The molecule has 6 heteroatoms. The van der Waals surface area contributed by atoms with Crippen LogP contribution in [0.4, 0.5) is 0 Å². The Kier molecular flexibility index (Phi) is 5.08. The van der Waals surface area contributed by atoms with E-state index in [4.69, 9.17) is 4.42 Å². The maximum absolute atomic E-state index is 12.7. The number of amides is 1. The zero-order chi connectivity index (χ0) is 18.0. The molecule has 2 aromatic heterocycles. The third-order valence-corrected chi connectivity index (χ3v) is 4.85. The summed E-state index contributed by atoms with van der Waals surface area (Å²) >= 11 is 3.46. The average Bonchev–Trinajstić information content (AvgIpc) is 2.93. The largest absolute Gasteiger partial charge is 0.460 e. The molecule has 0 saturated carbocycles. The van der Waals surface area contributed by atoms with Crippen LogP contribution >= 0.6 is 15.9 Å². The van der Waals surface area contributed by atoms with Gasteiger partial charge < -0.3 is 14.3 Å². The number of halogens is 1. The summed E-state index contributed by atoms with van der Waals surface area (Å²) in [4.78, 5) is 25.4. The van der Waals surface area contributed by atoms with Crippen molar-refractivity contribution in [1.29, 1.82) is 0 Å². The Labute approximate surface area is 153 Å². The van der Waals surface area contributed by atoms with E-state index in [-0.39, 0.29) is 11.5 Å². The van der Waals surface area contributed by atoms with Crippen molar-refractivity contribution in [3.8, 4) is 0 Å². The van der Waals surface area contributed by atoms with Crippen molar-refractivity contribution in [1.82, 2.24) is 9.88 Å². The predicted octanol–water partition coefficient (Wildman–Crippen LogP) is 4.01. The second-order valence-corrected chi connectivity index (χ2v) is 6.72. The normalized spacial score (nSPS) is 11.0. The first kappa shape index (κ1) is 17.5. The molecule has 0 aliphatic rings. The first-order valence-corrected chi connectivity index (χ1v) is 8.96. The lowest BCUT2D eigenvalue weighted by Crippen LogP contribution is -2.26. The van der Waals surface area contributed by atoms with Crippen LogP contribution in [0.25, 0.3) is 11.0 Å². The number of fused-ring (bicyclic) bond motifs is 1. The lowest BCUT2D eigenvalue weighted by molar-refractivity contribution is 0.0950. The molecule has 1 aromatic carbocycles. The van der Waals surface area contributed by atoms with E-state index in [1.807, 2.05) is 31.2 Å². The molecule has 0 radical (unpaired) electrons. The summed E-state index contributed by atoms with van der Waals surface area (Å²) in [5.74, 6) is 0.143. The summed E-state index contributed by atoms with van der Waals surface area (Å²) in [5, 5.41) is 3.22. The Bertz CT molecular complexity index is 988. The fraction of sp³-hybridized carbons (Fsp3) is 0.263. The highest BCUT2D eigenvalue weighted by Crippen LogP contribution is 2.23. The summed E-state index contributed by atoms with van der Waals surface area (Å²) in [5.41, 5.74) is 1.53. The number of nitrogens with zero attached hydrogens (tertiary/aromatic N) is 1. The Balaban J connectivity index is 1.95. The van der Waals surface area contributed by atoms with Gasteiger partial charge in [-0.3, -0.25) is 9.59 Å². The number of aromatic nitrogens is 1. The molecule has 0 aliphatic carbocycles. The van der Waals surface area contributed by atoms with Crippen LogP contribution in [-0.2, 0) is 13.1 Å². The van der Waals surface area contributed by atoms with E-state index in [1.54, 1.807) is 23.8 Å². The first-order valence-electron chi connectivity index (χ1n) is 8.17. The van der Waals surface area contributed by atoms with Crippen LogP contribution in [0.2, 0.25) is 0 Å². The number of benzene rings is 1. The number of carbonyl (C=O) groups excluding carboxylic acids is 1. The van der Waals surface area contributed by atoms with Crippen molar-refractivity contribution in [3.05, 3.63) is 68.2 Å². The fourth-order valence-corrected chi connectivity index (χ4v) is 3.29. The van der Waals surface area contributed by atoms with Crippen molar-refractivity contribution in [3.63, 3.8) is 0 Å². The molecule has 130 valence electrons. The highest BCUT2D eigenvalue weighted by molar-refractivity contribution is 9.10. The smallest absolute Gasteiger partial charge is 0.262 e. The van der Waals surface area contributed by atoms with Crippen molar-refractivity contribution in [2.24, 2.45) is 0 Å². The number of hydrogen-bond acceptors (Lipinski definition) is 3. The van der Waals surface area contributed by atoms with Crippen molar-refractivity contribution in [2.45, 2.75) is 33.4 Å². The zero-order valence-corrected chi connectivity index (χ0v) is 15.7. The molecule has 3 aromatic rings. The second kappa shape index (κ2) is 7.27. The third kappa shape index (κ3) is 3.39. The van der Waals surface area contributed by atoms with E-state index in [0.29, 0.717) is 35.4 Å². The molecule has 0 spiro atoms. The van der Waals surface area contributed by atoms with Gasteiger partial charge in [0.1, 0.15) is 11.3 Å². The molecule has 2 heterocycles. The van der Waals surface area contributed by atoms with Gasteiger partial charge in [-0.15, -0.1) is 0 Å². The molecule has 5 nitrogen and oxygen atoms in total. The summed E-state index contributed by atoms with van der Waals surface area (Å²) < 4.78 is 8.16. The summed E-state index contributed by atoms with van der Waals surface area (Å²) in [6.07, 6.45) is 2.55. The minimum atomic E-state index is -0.307. The van der Waals surface area contributed by atoms with Gasteiger partial charge in [0.05, 0.1) is 10.9 Å². The topological polar surface area (TPSA) is 64.2 Å². The summed E-state index contributed by atoms with van der Waals surface area (Å²) in [7, 11) is 0. The van der Waals surface area contributed by atoms with Gasteiger partial charge in [-0.1, -0.05) is 41.1 Å². The molecule has 0 atom stereocenters. The first-order chi connectivity index (χ1) is 12.0. The number of rotatable bonds is 5. The molecule has 0 unspecified atom stereocenters. The van der Waals surface area contributed by atoms with E-state index in [2.05, 4.69) is 21.2 Å². The molecule has 1 N–H and O–H groups in total. The quantitative estimate of drug-likeness (QED) is 0.700. The lowest BCUT2D eigenvalue weighted by Gasteiger charge is -2.07. The van der Waals surface area contributed by atoms with Crippen LogP contribution in [0.3, 0.4) is 0 Å². The van der Waals surface area contributed by atoms with E-state index in [0.717, 1.165) is 16.5 Å². The number of nitrogens with one attached hydrogen (secondary N) is 1. The Morgan fingerprint density at radius 3 is 2.76 bits per heavy atom. The predicted molar refractivity (Wildman–Crippen MR) is 101 cm³/mol. The molecule has 25 heavy (non-hydrogen) atoms.